The van der Waals surface area contributed by atoms with E-state index < -0.39 is 17.5 Å². The maximum atomic E-state index is 14.2. The van der Waals surface area contributed by atoms with Crippen LogP contribution in [0.5, 0.6) is 0 Å². The molecule has 0 spiro atoms. The molecule has 0 aromatic rings. The molecule has 4 amide bonds. The molecule has 0 aromatic heterocycles. The van der Waals surface area contributed by atoms with Crippen LogP contribution in [0.3, 0.4) is 0 Å². The largest absolute Gasteiger partial charge is 0.354 e. The van der Waals surface area contributed by atoms with Crippen molar-refractivity contribution in [2.45, 2.75) is 164 Å². The summed E-state index contributed by atoms with van der Waals surface area (Å²) in [6.45, 7) is 25.6. The van der Waals surface area contributed by atoms with Gasteiger partial charge in [0.2, 0.25) is 23.6 Å². The summed E-state index contributed by atoms with van der Waals surface area (Å²) in [4.78, 5) is 63.1. The molecule has 2 fully saturated rings. The van der Waals surface area contributed by atoms with Crippen molar-refractivity contribution in [2.75, 3.05) is 46.3 Å². The Labute approximate surface area is 305 Å². The molecule has 1 unspecified atom stereocenters. The minimum absolute atomic E-state index is 0.0182. The molecule has 0 bridgehead atoms. The summed E-state index contributed by atoms with van der Waals surface area (Å²) in [7, 11) is 1.77. The third-order valence-electron chi connectivity index (χ3n) is 10.6. The van der Waals surface area contributed by atoms with Gasteiger partial charge in [0.1, 0.15) is 12.1 Å². The van der Waals surface area contributed by atoms with Crippen LogP contribution in [0.2, 0.25) is 0 Å². The van der Waals surface area contributed by atoms with Crippen molar-refractivity contribution in [3.63, 3.8) is 0 Å². The summed E-state index contributed by atoms with van der Waals surface area (Å²) in [6, 6.07) is -1.57. The number of hydrogen-bond acceptors (Lipinski definition) is 6. The van der Waals surface area contributed by atoms with Crippen LogP contribution in [-0.2, 0) is 19.2 Å². The van der Waals surface area contributed by atoms with E-state index in [0.717, 1.165) is 58.3 Å². The highest BCUT2D eigenvalue weighted by molar-refractivity contribution is 5.97. The molecule has 0 saturated carbocycles. The molecule has 2 aliphatic rings. The summed E-state index contributed by atoms with van der Waals surface area (Å²) in [6.07, 6.45) is 11.8. The molecule has 2 rings (SSSR count). The van der Waals surface area contributed by atoms with Crippen LogP contribution in [0.15, 0.2) is 11.6 Å². The number of likely N-dealkylation sites (N-methyl/N-ethyl adjacent to an activating group) is 1. The Morgan fingerprint density at radius 1 is 0.840 bits per heavy atom. The van der Waals surface area contributed by atoms with E-state index >= 15 is 0 Å². The predicted octanol–water partition coefficient (Wildman–Crippen LogP) is 5.61. The highest BCUT2D eigenvalue weighted by Gasteiger charge is 2.40. The van der Waals surface area contributed by atoms with E-state index in [-0.39, 0.29) is 47.7 Å². The second-order valence-corrected chi connectivity index (χ2v) is 16.5. The second kappa shape index (κ2) is 21.2. The Hall–Kier alpha value is -2.46. The van der Waals surface area contributed by atoms with E-state index in [1.807, 2.05) is 40.7 Å². The lowest BCUT2D eigenvalue weighted by Gasteiger charge is -2.41. The SMILES string of the molecule is CCCCN(CCCC)CCCNC(=O)[C@@H]1CCCN1C(=O)/C(C)=C/[C@H](C(C)C)N(C)C(=O)[C@@H](NC(=O)C1CCCCN1C(C)C)C(C)(C)C. The summed E-state index contributed by atoms with van der Waals surface area (Å²) in [5.74, 6) is -0.486. The van der Waals surface area contributed by atoms with Crippen molar-refractivity contribution >= 4 is 23.6 Å². The van der Waals surface area contributed by atoms with E-state index in [1.165, 1.54) is 25.7 Å². The minimum atomic E-state index is -0.723. The molecule has 4 atom stereocenters. The number of nitrogens with one attached hydrogen (secondary N) is 2. The molecule has 2 N–H and O–H groups in total. The number of piperidine rings is 1. The summed E-state index contributed by atoms with van der Waals surface area (Å²) in [5, 5.41) is 6.27. The summed E-state index contributed by atoms with van der Waals surface area (Å²) < 4.78 is 0. The van der Waals surface area contributed by atoms with Gasteiger partial charge in [0, 0.05) is 31.8 Å². The van der Waals surface area contributed by atoms with Crippen molar-refractivity contribution < 1.29 is 19.2 Å². The van der Waals surface area contributed by atoms with E-state index in [0.29, 0.717) is 25.1 Å². The zero-order valence-electron chi connectivity index (χ0n) is 33.8. The number of hydrogen-bond donors (Lipinski definition) is 2. The Bertz CT molecular complexity index is 1110. The van der Waals surface area contributed by atoms with Crippen molar-refractivity contribution in [3.05, 3.63) is 11.6 Å². The Kier molecular flexibility index (Phi) is 18.5. The molecule has 288 valence electrons. The van der Waals surface area contributed by atoms with Crippen LogP contribution in [0.4, 0.5) is 0 Å². The van der Waals surface area contributed by atoms with Crippen molar-refractivity contribution in [1.82, 2.24) is 30.2 Å². The number of carbonyl (C=O) groups excluding carboxylic acids is 4. The maximum absolute atomic E-state index is 14.2. The average molecular weight is 703 g/mol. The van der Waals surface area contributed by atoms with Crippen LogP contribution in [-0.4, -0.2) is 120 Å². The summed E-state index contributed by atoms with van der Waals surface area (Å²) >= 11 is 0. The van der Waals surface area contributed by atoms with Gasteiger partial charge >= 0.3 is 0 Å². The lowest BCUT2D eigenvalue weighted by Crippen LogP contribution is -2.60. The predicted molar refractivity (Wildman–Crippen MR) is 205 cm³/mol. The van der Waals surface area contributed by atoms with E-state index in [4.69, 9.17) is 0 Å². The number of rotatable bonds is 19. The van der Waals surface area contributed by atoms with Crippen LogP contribution in [0.25, 0.3) is 0 Å². The highest BCUT2D eigenvalue weighted by atomic mass is 16.2. The summed E-state index contributed by atoms with van der Waals surface area (Å²) in [5.41, 5.74) is 0.00472. The first-order valence-electron chi connectivity index (χ1n) is 19.9. The first-order valence-corrected chi connectivity index (χ1v) is 19.9. The van der Waals surface area contributed by atoms with Crippen LogP contribution in [0.1, 0.15) is 133 Å². The fourth-order valence-corrected chi connectivity index (χ4v) is 7.41. The number of amides is 4. The lowest BCUT2D eigenvalue weighted by molar-refractivity contribution is -0.142. The van der Waals surface area contributed by atoms with E-state index in [2.05, 4.69) is 48.1 Å². The highest BCUT2D eigenvalue weighted by Crippen LogP contribution is 2.27. The van der Waals surface area contributed by atoms with Gasteiger partial charge in [-0.15, -0.1) is 0 Å². The third-order valence-corrected chi connectivity index (χ3v) is 10.6. The number of carbonyl (C=O) groups is 4. The number of nitrogens with zero attached hydrogens (tertiary/aromatic N) is 4. The zero-order valence-corrected chi connectivity index (χ0v) is 33.8. The number of likely N-dealkylation sites (tertiary alicyclic amines) is 2. The van der Waals surface area contributed by atoms with Gasteiger partial charge < -0.3 is 25.3 Å². The first kappa shape index (κ1) is 43.7. The van der Waals surface area contributed by atoms with Crippen LogP contribution < -0.4 is 10.6 Å². The number of unbranched alkanes of at least 4 members (excludes halogenated alkanes) is 2. The molecule has 0 radical (unpaired) electrons. The lowest BCUT2D eigenvalue weighted by atomic mass is 9.84. The Morgan fingerprint density at radius 2 is 1.44 bits per heavy atom. The fraction of sp³-hybridized carbons (Fsp3) is 0.850. The second-order valence-electron chi connectivity index (χ2n) is 16.5. The van der Waals surface area contributed by atoms with Gasteiger partial charge in [0.05, 0.1) is 12.1 Å². The first-order chi connectivity index (χ1) is 23.5. The van der Waals surface area contributed by atoms with Gasteiger partial charge in [-0.05, 0) is 103 Å². The molecule has 10 heteroatoms. The molecule has 2 saturated heterocycles. The molecule has 10 nitrogen and oxygen atoms in total. The van der Waals surface area contributed by atoms with E-state index in [1.54, 1.807) is 23.8 Å². The Balaban J connectivity index is 2.12. The van der Waals surface area contributed by atoms with Crippen LogP contribution in [0, 0.1) is 11.3 Å². The standard InChI is InChI=1S/C40H74N6O4/c1-12-14-23-44(24-15-13-2)25-19-22-41-36(47)32-21-18-27-46(32)38(49)31(7)28-34(29(3)4)43(11)39(50)35(40(8,9)10)42-37(48)33-20-16-17-26-45(33)30(5)6/h28-30,32-35H,12-27H2,1-11H3,(H,41,47)(H,42,48)/b31-28+/t32-,33?,34+,35+/m0/s1. The maximum Gasteiger partial charge on any atom is 0.249 e. The quantitative estimate of drug-likeness (QED) is 0.134. The van der Waals surface area contributed by atoms with Crippen molar-refractivity contribution in [2.24, 2.45) is 11.3 Å². The molecule has 2 heterocycles. The van der Waals surface area contributed by atoms with Gasteiger partial charge in [-0.1, -0.05) is 73.8 Å². The minimum Gasteiger partial charge on any atom is -0.354 e. The monoisotopic (exact) mass is 703 g/mol. The normalized spacial score (nSPS) is 20.4. The molecular formula is C40H74N6O4. The third kappa shape index (κ3) is 12.9. The van der Waals surface area contributed by atoms with Gasteiger partial charge in [-0.3, -0.25) is 24.1 Å². The van der Waals surface area contributed by atoms with Crippen LogP contribution >= 0.6 is 0 Å². The van der Waals surface area contributed by atoms with Crippen molar-refractivity contribution in [1.29, 1.82) is 0 Å². The molecule has 0 aliphatic carbocycles. The molecule has 2 aliphatic heterocycles. The topological polar surface area (TPSA) is 105 Å². The molecular weight excluding hydrogens is 628 g/mol. The molecule has 0 aromatic carbocycles. The average Bonchev–Trinajstić information content (AvgIpc) is 3.57. The van der Waals surface area contributed by atoms with Gasteiger partial charge in [0.15, 0.2) is 0 Å². The van der Waals surface area contributed by atoms with Crippen molar-refractivity contribution in [3.8, 4) is 0 Å². The smallest absolute Gasteiger partial charge is 0.249 e. The van der Waals surface area contributed by atoms with Gasteiger partial charge in [-0.25, -0.2) is 0 Å². The van der Waals surface area contributed by atoms with Gasteiger partial charge in [0.25, 0.3) is 0 Å². The van der Waals surface area contributed by atoms with Gasteiger partial charge in [-0.2, -0.15) is 0 Å². The molecule has 50 heavy (non-hydrogen) atoms. The Morgan fingerprint density at radius 3 is 2.00 bits per heavy atom. The zero-order chi connectivity index (χ0) is 37.6. The fourth-order valence-electron chi connectivity index (χ4n) is 7.41. The van der Waals surface area contributed by atoms with E-state index in [9.17, 15) is 19.2 Å².